The molecule has 25 heavy (non-hydrogen) atoms. The van der Waals surface area contributed by atoms with Crippen LogP contribution in [-0.2, 0) is 0 Å². The summed E-state index contributed by atoms with van der Waals surface area (Å²) in [6.07, 6.45) is 1.31. The van der Waals surface area contributed by atoms with E-state index >= 15 is 0 Å². The van der Waals surface area contributed by atoms with Crippen LogP contribution < -0.4 is 10.6 Å². The molecule has 0 bridgehead atoms. The van der Waals surface area contributed by atoms with Crippen LogP contribution in [0.4, 0.5) is 17.2 Å². The highest BCUT2D eigenvalue weighted by molar-refractivity contribution is 6.03. The fourth-order valence-corrected chi connectivity index (χ4v) is 2.28. The van der Waals surface area contributed by atoms with Gasteiger partial charge >= 0.3 is 0 Å². The molecule has 6 nitrogen and oxygen atoms in total. The first-order valence-electron chi connectivity index (χ1n) is 7.62. The van der Waals surface area contributed by atoms with E-state index in [-0.39, 0.29) is 11.6 Å². The molecule has 0 aliphatic carbocycles. The van der Waals surface area contributed by atoms with Crippen molar-refractivity contribution in [3.05, 3.63) is 77.7 Å². The fourth-order valence-electron chi connectivity index (χ4n) is 2.28. The molecule has 6 heteroatoms. The highest BCUT2D eigenvalue weighted by Crippen LogP contribution is 2.19. The molecule has 0 unspecified atom stereocenters. The van der Waals surface area contributed by atoms with Crippen LogP contribution in [0.5, 0.6) is 0 Å². The lowest BCUT2D eigenvalue weighted by atomic mass is 10.2. The molecule has 122 valence electrons. The molecule has 1 aromatic heterocycles. The second-order valence-electron chi connectivity index (χ2n) is 5.34. The van der Waals surface area contributed by atoms with Gasteiger partial charge in [-0.05, 0) is 30.7 Å². The van der Waals surface area contributed by atoms with Gasteiger partial charge in [0, 0.05) is 11.8 Å². The SMILES string of the molecule is Cc1ccccc1NC(=O)c1cc(Nc2ccccc2C#N)ncn1. The molecule has 0 spiro atoms. The van der Waals surface area contributed by atoms with Crippen LogP contribution >= 0.6 is 0 Å². The van der Waals surface area contributed by atoms with Gasteiger partial charge in [-0.25, -0.2) is 9.97 Å². The van der Waals surface area contributed by atoms with Crippen molar-refractivity contribution in [2.24, 2.45) is 0 Å². The number of aromatic nitrogens is 2. The minimum absolute atomic E-state index is 0.232. The Kier molecular flexibility index (Phi) is 4.67. The van der Waals surface area contributed by atoms with Crippen LogP contribution in [-0.4, -0.2) is 15.9 Å². The van der Waals surface area contributed by atoms with Gasteiger partial charge in [0.1, 0.15) is 23.9 Å². The summed E-state index contributed by atoms with van der Waals surface area (Å²) in [5, 5.41) is 15.0. The summed E-state index contributed by atoms with van der Waals surface area (Å²) in [5.74, 6) is 0.112. The molecule has 0 atom stereocenters. The van der Waals surface area contributed by atoms with Gasteiger partial charge in [-0.1, -0.05) is 30.3 Å². The van der Waals surface area contributed by atoms with Crippen molar-refractivity contribution in [2.75, 3.05) is 10.6 Å². The summed E-state index contributed by atoms with van der Waals surface area (Å²) in [7, 11) is 0. The van der Waals surface area contributed by atoms with Crippen LogP contribution in [0.3, 0.4) is 0 Å². The molecule has 1 heterocycles. The predicted octanol–water partition coefficient (Wildman–Crippen LogP) is 3.65. The second-order valence-corrected chi connectivity index (χ2v) is 5.34. The molecule has 3 rings (SSSR count). The normalized spacial score (nSPS) is 9.92. The summed E-state index contributed by atoms with van der Waals surface area (Å²) < 4.78 is 0. The number of carbonyl (C=O) groups excluding carboxylic acids is 1. The Labute approximate surface area is 145 Å². The van der Waals surface area contributed by atoms with Gasteiger partial charge in [0.15, 0.2) is 0 Å². The standard InChI is InChI=1S/C19H15N5O/c1-13-6-2-4-8-15(13)24-19(25)17-10-18(22-12-21-17)23-16-9-5-3-7-14(16)11-20/h2-10,12H,1H3,(H,24,25)(H,21,22,23). The Balaban J connectivity index is 1.81. The van der Waals surface area contributed by atoms with E-state index in [1.54, 1.807) is 24.3 Å². The number of nitriles is 1. The quantitative estimate of drug-likeness (QED) is 0.762. The zero-order chi connectivity index (χ0) is 17.6. The van der Waals surface area contributed by atoms with Crippen LogP contribution in [0.2, 0.25) is 0 Å². The molecule has 3 aromatic rings. The first kappa shape index (κ1) is 16.1. The Morgan fingerprint density at radius 3 is 2.52 bits per heavy atom. The van der Waals surface area contributed by atoms with E-state index in [0.717, 1.165) is 11.3 Å². The molecule has 0 aliphatic heterocycles. The minimum atomic E-state index is -0.326. The average Bonchev–Trinajstić information content (AvgIpc) is 2.64. The van der Waals surface area contributed by atoms with Crippen LogP contribution in [0.25, 0.3) is 0 Å². The van der Waals surface area contributed by atoms with Crippen LogP contribution in [0.1, 0.15) is 21.6 Å². The molecule has 2 aromatic carbocycles. The van der Waals surface area contributed by atoms with Crippen molar-refractivity contribution in [3.63, 3.8) is 0 Å². The summed E-state index contributed by atoms with van der Waals surface area (Å²) in [5.41, 5.74) is 3.04. The number of nitrogens with one attached hydrogen (secondary N) is 2. The van der Waals surface area contributed by atoms with Gasteiger partial charge in [0.2, 0.25) is 0 Å². The molecule has 1 amide bonds. The van der Waals surface area contributed by atoms with Gasteiger partial charge in [0.05, 0.1) is 11.3 Å². The van der Waals surface area contributed by atoms with Crippen LogP contribution in [0.15, 0.2) is 60.9 Å². The monoisotopic (exact) mass is 329 g/mol. The first-order valence-corrected chi connectivity index (χ1v) is 7.62. The van der Waals surface area contributed by atoms with Gasteiger partial charge in [-0.2, -0.15) is 5.26 Å². The largest absolute Gasteiger partial charge is 0.339 e. The van der Waals surface area contributed by atoms with E-state index in [4.69, 9.17) is 5.26 Å². The van der Waals surface area contributed by atoms with Crippen molar-refractivity contribution in [2.45, 2.75) is 6.92 Å². The first-order chi connectivity index (χ1) is 12.2. The molecule has 0 saturated carbocycles. The van der Waals surface area contributed by atoms with Crippen molar-refractivity contribution in [1.82, 2.24) is 9.97 Å². The molecular weight excluding hydrogens is 314 g/mol. The van der Waals surface area contributed by atoms with Crippen molar-refractivity contribution in [3.8, 4) is 6.07 Å². The molecule has 0 aliphatic rings. The minimum Gasteiger partial charge on any atom is -0.339 e. The fraction of sp³-hybridized carbons (Fsp3) is 0.0526. The number of benzene rings is 2. The molecular formula is C19H15N5O. The zero-order valence-corrected chi connectivity index (χ0v) is 13.5. The van der Waals surface area contributed by atoms with Crippen molar-refractivity contribution < 1.29 is 4.79 Å². The summed E-state index contributed by atoms with van der Waals surface area (Å²) in [6, 6.07) is 18.2. The Hall–Kier alpha value is -3.72. The number of hydrogen-bond donors (Lipinski definition) is 2. The van der Waals surface area contributed by atoms with E-state index in [1.807, 2.05) is 37.3 Å². The van der Waals surface area contributed by atoms with Gasteiger partial charge in [0.25, 0.3) is 5.91 Å². The number of carbonyl (C=O) groups is 1. The van der Waals surface area contributed by atoms with Gasteiger partial charge < -0.3 is 10.6 Å². The third-order valence-electron chi connectivity index (χ3n) is 3.60. The van der Waals surface area contributed by atoms with Crippen LogP contribution in [0, 0.1) is 18.3 Å². The van der Waals surface area contributed by atoms with Crippen molar-refractivity contribution >= 4 is 23.1 Å². The smallest absolute Gasteiger partial charge is 0.274 e. The highest BCUT2D eigenvalue weighted by atomic mass is 16.1. The van der Waals surface area contributed by atoms with E-state index in [0.29, 0.717) is 17.1 Å². The van der Waals surface area contributed by atoms with Crippen molar-refractivity contribution in [1.29, 1.82) is 5.26 Å². The topological polar surface area (TPSA) is 90.7 Å². The Morgan fingerprint density at radius 2 is 1.76 bits per heavy atom. The van der Waals surface area contributed by atoms with E-state index in [1.165, 1.54) is 6.33 Å². The lowest BCUT2D eigenvalue weighted by Crippen LogP contribution is -2.15. The van der Waals surface area contributed by atoms with E-state index in [9.17, 15) is 4.79 Å². The zero-order valence-electron chi connectivity index (χ0n) is 13.5. The predicted molar refractivity (Wildman–Crippen MR) is 95.6 cm³/mol. The Bertz CT molecular complexity index is 962. The average molecular weight is 329 g/mol. The number of anilines is 3. The molecule has 0 fully saturated rings. The van der Waals surface area contributed by atoms with Gasteiger partial charge in [-0.15, -0.1) is 0 Å². The summed E-state index contributed by atoms with van der Waals surface area (Å²) >= 11 is 0. The summed E-state index contributed by atoms with van der Waals surface area (Å²) in [4.78, 5) is 20.5. The number of nitrogens with zero attached hydrogens (tertiary/aromatic N) is 3. The maximum absolute atomic E-state index is 12.4. The second kappa shape index (κ2) is 7.23. The summed E-state index contributed by atoms with van der Waals surface area (Å²) in [6.45, 7) is 1.92. The highest BCUT2D eigenvalue weighted by Gasteiger charge is 2.11. The molecule has 2 N–H and O–H groups in total. The number of aryl methyl sites for hydroxylation is 1. The maximum Gasteiger partial charge on any atom is 0.274 e. The lowest BCUT2D eigenvalue weighted by molar-refractivity contribution is 0.102. The lowest BCUT2D eigenvalue weighted by Gasteiger charge is -2.10. The molecule has 0 saturated heterocycles. The van der Waals surface area contributed by atoms with Gasteiger partial charge in [-0.3, -0.25) is 4.79 Å². The maximum atomic E-state index is 12.4. The van der Waals surface area contributed by atoms with E-state index < -0.39 is 0 Å². The Morgan fingerprint density at radius 1 is 1.04 bits per heavy atom. The molecule has 0 radical (unpaired) electrons. The third kappa shape index (κ3) is 3.79. The number of rotatable bonds is 4. The third-order valence-corrected chi connectivity index (χ3v) is 3.60. The number of hydrogen-bond acceptors (Lipinski definition) is 5. The number of amides is 1. The number of para-hydroxylation sites is 2. The van der Waals surface area contributed by atoms with E-state index in [2.05, 4.69) is 26.7 Å².